The number of carbonyl (C=O) groups excluding carboxylic acids is 2. The Labute approximate surface area is 199 Å². The number of nitrogens with zero attached hydrogens (tertiary/aromatic N) is 1. The van der Waals surface area contributed by atoms with E-state index in [1.54, 1.807) is 37.4 Å². The number of ether oxygens (including phenoxy) is 2. The van der Waals surface area contributed by atoms with Crippen molar-refractivity contribution in [1.29, 1.82) is 0 Å². The molecule has 9 heteroatoms. The second-order valence-corrected chi connectivity index (χ2v) is 9.33. The van der Waals surface area contributed by atoms with Crippen LogP contribution in [-0.2, 0) is 26.0 Å². The van der Waals surface area contributed by atoms with Crippen molar-refractivity contribution in [2.75, 3.05) is 31.6 Å². The van der Waals surface area contributed by atoms with Crippen molar-refractivity contribution >= 4 is 27.6 Å². The molecule has 8 nitrogen and oxygen atoms in total. The molecule has 0 heterocycles. The monoisotopic (exact) mass is 482 g/mol. The van der Waals surface area contributed by atoms with Crippen molar-refractivity contribution in [2.45, 2.75) is 11.3 Å². The van der Waals surface area contributed by atoms with Crippen molar-refractivity contribution in [1.82, 2.24) is 5.32 Å². The van der Waals surface area contributed by atoms with Gasteiger partial charge in [-0.1, -0.05) is 30.3 Å². The smallest absolute Gasteiger partial charge is 0.338 e. The summed E-state index contributed by atoms with van der Waals surface area (Å²) in [6, 6.07) is 21.5. The van der Waals surface area contributed by atoms with Gasteiger partial charge in [0.25, 0.3) is 15.9 Å². The normalized spacial score (nSPS) is 10.9. The zero-order valence-corrected chi connectivity index (χ0v) is 19.7. The Hall–Kier alpha value is -3.85. The molecule has 3 aromatic rings. The predicted molar refractivity (Wildman–Crippen MR) is 128 cm³/mol. The molecule has 34 heavy (non-hydrogen) atoms. The second-order valence-electron chi connectivity index (χ2n) is 7.36. The molecule has 0 aliphatic carbocycles. The molecule has 1 amide bonds. The zero-order chi connectivity index (χ0) is 24.6. The summed E-state index contributed by atoms with van der Waals surface area (Å²) in [7, 11) is -0.734. The van der Waals surface area contributed by atoms with Gasteiger partial charge in [-0.05, 0) is 60.5 Å². The molecule has 0 radical (unpaired) electrons. The van der Waals surface area contributed by atoms with Crippen molar-refractivity contribution in [3.05, 3.63) is 90.0 Å². The van der Waals surface area contributed by atoms with Gasteiger partial charge in [0.1, 0.15) is 5.75 Å². The molecule has 0 fully saturated rings. The molecule has 0 atom stereocenters. The highest BCUT2D eigenvalue weighted by atomic mass is 32.2. The molecule has 3 rings (SSSR count). The van der Waals surface area contributed by atoms with Gasteiger partial charge in [0.2, 0.25) is 0 Å². The Kier molecular flexibility index (Phi) is 8.26. The number of nitrogens with one attached hydrogen (secondary N) is 1. The molecule has 3 aromatic carbocycles. The minimum Gasteiger partial charge on any atom is -0.497 e. The van der Waals surface area contributed by atoms with Gasteiger partial charge in [0, 0.05) is 13.6 Å². The molecule has 178 valence electrons. The van der Waals surface area contributed by atoms with Crippen LogP contribution in [0.3, 0.4) is 0 Å². The van der Waals surface area contributed by atoms with Crippen LogP contribution in [0.4, 0.5) is 5.69 Å². The highest BCUT2D eigenvalue weighted by Gasteiger charge is 2.21. The molecule has 0 bridgehead atoms. The maximum absolute atomic E-state index is 12.8. The largest absolute Gasteiger partial charge is 0.497 e. The Balaban J connectivity index is 1.49. The van der Waals surface area contributed by atoms with Crippen LogP contribution in [0, 0.1) is 0 Å². The van der Waals surface area contributed by atoms with E-state index in [2.05, 4.69) is 5.32 Å². The summed E-state index contributed by atoms with van der Waals surface area (Å²) in [5, 5.41) is 2.69. The SMILES string of the molecule is COc1ccc(CCNC(=O)COC(=O)c2ccc(S(=O)(=O)N(C)c3ccccc3)cc2)cc1. The highest BCUT2D eigenvalue weighted by Crippen LogP contribution is 2.22. The summed E-state index contributed by atoms with van der Waals surface area (Å²) < 4.78 is 36.9. The fourth-order valence-electron chi connectivity index (χ4n) is 3.10. The number of sulfonamides is 1. The van der Waals surface area contributed by atoms with E-state index in [9.17, 15) is 18.0 Å². The second kappa shape index (κ2) is 11.3. The lowest BCUT2D eigenvalue weighted by Crippen LogP contribution is -2.30. The standard InChI is InChI=1S/C25H26N2O6S/c1-27(21-6-4-3-5-7-21)34(30,31)23-14-10-20(11-15-23)25(29)33-18-24(28)26-17-16-19-8-12-22(32-2)13-9-19/h3-15H,16-18H2,1-2H3,(H,26,28). The number of rotatable bonds is 10. The molecule has 0 unspecified atom stereocenters. The van der Waals surface area contributed by atoms with Crippen LogP contribution in [0.25, 0.3) is 0 Å². The molecule has 0 aliphatic heterocycles. The Bertz CT molecular complexity index is 1210. The summed E-state index contributed by atoms with van der Waals surface area (Å²) in [5.41, 5.74) is 1.70. The van der Waals surface area contributed by atoms with Gasteiger partial charge < -0.3 is 14.8 Å². The summed E-state index contributed by atoms with van der Waals surface area (Å²) in [5.74, 6) is -0.384. The zero-order valence-electron chi connectivity index (χ0n) is 18.9. The number of carbonyl (C=O) groups is 2. The summed E-state index contributed by atoms with van der Waals surface area (Å²) in [6.45, 7) is -0.0392. The van der Waals surface area contributed by atoms with E-state index in [0.29, 0.717) is 18.7 Å². The average molecular weight is 483 g/mol. The van der Waals surface area contributed by atoms with Crippen molar-refractivity contribution in [2.24, 2.45) is 0 Å². The minimum absolute atomic E-state index is 0.0340. The maximum atomic E-state index is 12.8. The number of benzene rings is 3. The third-order valence-electron chi connectivity index (χ3n) is 5.10. The van der Waals surface area contributed by atoms with E-state index >= 15 is 0 Å². The molecule has 1 N–H and O–H groups in total. The Morgan fingerprint density at radius 2 is 1.56 bits per heavy atom. The molecule has 0 saturated heterocycles. The predicted octanol–water partition coefficient (Wildman–Crippen LogP) is 3.04. The van der Waals surface area contributed by atoms with Crippen LogP contribution >= 0.6 is 0 Å². The third kappa shape index (κ3) is 6.35. The van der Waals surface area contributed by atoms with Crippen molar-refractivity contribution < 1.29 is 27.5 Å². The quantitative estimate of drug-likeness (QED) is 0.446. The fraction of sp³-hybridized carbons (Fsp3) is 0.200. The third-order valence-corrected chi connectivity index (χ3v) is 6.90. The van der Waals surface area contributed by atoms with E-state index in [1.807, 2.05) is 24.3 Å². The van der Waals surface area contributed by atoms with Crippen molar-refractivity contribution in [3.63, 3.8) is 0 Å². The van der Waals surface area contributed by atoms with E-state index in [1.165, 1.54) is 31.3 Å². The summed E-state index contributed by atoms with van der Waals surface area (Å²) in [6.07, 6.45) is 0.622. The van der Waals surface area contributed by atoms with Gasteiger partial charge in [-0.15, -0.1) is 0 Å². The van der Waals surface area contributed by atoms with Gasteiger partial charge in [-0.3, -0.25) is 9.10 Å². The lowest BCUT2D eigenvalue weighted by atomic mass is 10.1. The van der Waals surface area contributed by atoms with Crippen LogP contribution < -0.4 is 14.4 Å². The first-order valence-corrected chi connectivity index (χ1v) is 12.0. The number of hydrogen-bond donors (Lipinski definition) is 1. The molecule has 0 aromatic heterocycles. The van der Waals surface area contributed by atoms with Crippen molar-refractivity contribution in [3.8, 4) is 5.75 Å². The molecular formula is C25H26N2O6S. The first-order valence-electron chi connectivity index (χ1n) is 10.5. The maximum Gasteiger partial charge on any atom is 0.338 e. The van der Waals surface area contributed by atoms with Gasteiger partial charge in [0.05, 0.1) is 23.3 Å². The van der Waals surface area contributed by atoms with Gasteiger partial charge in [-0.2, -0.15) is 0 Å². The van der Waals surface area contributed by atoms with Gasteiger partial charge >= 0.3 is 5.97 Å². The van der Waals surface area contributed by atoms with E-state index in [-0.39, 0.29) is 10.5 Å². The average Bonchev–Trinajstić information content (AvgIpc) is 2.87. The van der Waals surface area contributed by atoms with E-state index in [4.69, 9.17) is 9.47 Å². The summed E-state index contributed by atoms with van der Waals surface area (Å²) in [4.78, 5) is 24.3. The number of esters is 1. The Morgan fingerprint density at radius 3 is 2.18 bits per heavy atom. The molecule has 0 spiro atoms. The summed E-state index contributed by atoms with van der Waals surface area (Å²) >= 11 is 0. The molecule has 0 saturated carbocycles. The minimum atomic E-state index is -3.79. The molecule has 0 aliphatic rings. The van der Waals surface area contributed by atoms with Crippen LogP contribution in [0.5, 0.6) is 5.75 Å². The fourth-order valence-corrected chi connectivity index (χ4v) is 4.30. The first-order chi connectivity index (χ1) is 16.3. The number of hydrogen-bond acceptors (Lipinski definition) is 6. The molecular weight excluding hydrogens is 456 g/mol. The first kappa shape index (κ1) is 24.8. The number of amides is 1. The van der Waals surface area contributed by atoms with Crippen LogP contribution in [0.15, 0.2) is 83.8 Å². The van der Waals surface area contributed by atoms with Gasteiger partial charge in [-0.25, -0.2) is 13.2 Å². The van der Waals surface area contributed by atoms with Crippen LogP contribution in [0.1, 0.15) is 15.9 Å². The lowest BCUT2D eigenvalue weighted by Gasteiger charge is -2.19. The number of anilines is 1. The lowest BCUT2D eigenvalue weighted by molar-refractivity contribution is -0.124. The van der Waals surface area contributed by atoms with Crippen LogP contribution in [0.2, 0.25) is 0 Å². The van der Waals surface area contributed by atoms with E-state index in [0.717, 1.165) is 15.6 Å². The number of methoxy groups -OCH3 is 1. The highest BCUT2D eigenvalue weighted by molar-refractivity contribution is 7.92. The van der Waals surface area contributed by atoms with E-state index < -0.39 is 28.5 Å². The van der Waals surface area contributed by atoms with Crippen LogP contribution in [-0.4, -0.2) is 47.6 Å². The Morgan fingerprint density at radius 1 is 0.912 bits per heavy atom. The van der Waals surface area contributed by atoms with Gasteiger partial charge in [0.15, 0.2) is 6.61 Å². The topological polar surface area (TPSA) is 102 Å². The number of para-hydroxylation sites is 1.